The van der Waals surface area contributed by atoms with Crippen LogP contribution in [0.5, 0.6) is 0 Å². The van der Waals surface area contributed by atoms with Gasteiger partial charge in [0.1, 0.15) is 4.99 Å². The summed E-state index contributed by atoms with van der Waals surface area (Å²) in [6.45, 7) is 9.09. The Kier molecular flexibility index (Phi) is 4.06. The van der Waals surface area contributed by atoms with Crippen molar-refractivity contribution in [3.8, 4) is 0 Å². The van der Waals surface area contributed by atoms with Gasteiger partial charge in [-0.2, -0.15) is 0 Å². The topological polar surface area (TPSA) is 51.3 Å². The number of nitrogens with two attached hydrogens (primary N) is 1. The van der Waals surface area contributed by atoms with Crippen molar-refractivity contribution in [2.45, 2.75) is 39.8 Å². The molecule has 104 valence electrons. The number of pyridine rings is 1. The van der Waals surface area contributed by atoms with E-state index in [0.29, 0.717) is 5.56 Å². The molecule has 0 saturated carbocycles. The quantitative estimate of drug-likeness (QED) is 0.851. The van der Waals surface area contributed by atoms with Crippen LogP contribution in [0, 0.1) is 0 Å². The van der Waals surface area contributed by atoms with Crippen molar-refractivity contribution in [2.75, 3.05) is 13.1 Å². The number of likely N-dealkylation sites (N-methyl/N-ethyl adjacent to an activating group) is 1. The van der Waals surface area contributed by atoms with Crippen LogP contribution in [0.4, 0.5) is 0 Å². The van der Waals surface area contributed by atoms with E-state index in [-0.39, 0.29) is 16.6 Å². The van der Waals surface area contributed by atoms with Gasteiger partial charge in [0.25, 0.3) is 5.56 Å². The molecule has 2 N–H and O–H groups in total. The van der Waals surface area contributed by atoms with E-state index in [1.54, 1.807) is 0 Å². The van der Waals surface area contributed by atoms with Crippen molar-refractivity contribution >= 4 is 17.2 Å². The average Bonchev–Trinajstić information content (AvgIpc) is 2.36. The Labute approximate surface area is 119 Å². The van der Waals surface area contributed by atoms with Crippen LogP contribution < -0.4 is 11.3 Å². The number of rotatable bonds is 3. The highest BCUT2D eigenvalue weighted by atomic mass is 32.1. The molecule has 0 aromatic carbocycles. The van der Waals surface area contributed by atoms with Crippen molar-refractivity contribution in [2.24, 2.45) is 5.73 Å². The zero-order valence-electron chi connectivity index (χ0n) is 11.8. The molecule has 1 aliphatic rings. The minimum absolute atomic E-state index is 0.0498. The molecule has 2 rings (SSSR count). The molecule has 0 unspecified atom stereocenters. The van der Waals surface area contributed by atoms with Crippen LogP contribution in [-0.4, -0.2) is 27.5 Å². The van der Waals surface area contributed by atoms with E-state index >= 15 is 0 Å². The first-order valence-corrected chi connectivity index (χ1v) is 7.16. The highest BCUT2D eigenvalue weighted by molar-refractivity contribution is 7.80. The molecule has 2 heterocycles. The molecule has 0 aliphatic carbocycles. The Morgan fingerprint density at radius 2 is 2.21 bits per heavy atom. The van der Waals surface area contributed by atoms with Crippen molar-refractivity contribution in [1.82, 2.24) is 9.47 Å². The largest absolute Gasteiger partial charge is 0.389 e. The van der Waals surface area contributed by atoms with Crippen molar-refractivity contribution in [1.29, 1.82) is 0 Å². The van der Waals surface area contributed by atoms with Gasteiger partial charge in [-0.1, -0.05) is 19.1 Å². The maximum atomic E-state index is 12.5. The van der Waals surface area contributed by atoms with Crippen LogP contribution in [0.15, 0.2) is 10.9 Å². The Morgan fingerprint density at radius 1 is 1.53 bits per heavy atom. The van der Waals surface area contributed by atoms with Crippen LogP contribution in [0.25, 0.3) is 0 Å². The van der Waals surface area contributed by atoms with E-state index in [2.05, 4.69) is 11.8 Å². The summed E-state index contributed by atoms with van der Waals surface area (Å²) in [5.74, 6) is 0. The summed E-state index contributed by atoms with van der Waals surface area (Å²) in [6.07, 6.45) is 0.911. The van der Waals surface area contributed by atoms with Crippen LogP contribution in [0.2, 0.25) is 0 Å². The van der Waals surface area contributed by atoms with Crippen LogP contribution in [-0.2, 0) is 13.0 Å². The summed E-state index contributed by atoms with van der Waals surface area (Å²) in [7, 11) is 0. The Hall–Kier alpha value is -1.20. The minimum atomic E-state index is -0.0498. The molecule has 0 atom stereocenters. The fourth-order valence-electron chi connectivity index (χ4n) is 2.72. The molecule has 1 aliphatic heterocycles. The van der Waals surface area contributed by atoms with Crippen LogP contribution >= 0.6 is 12.2 Å². The first-order chi connectivity index (χ1) is 8.95. The van der Waals surface area contributed by atoms with Gasteiger partial charge in [0.05, 0.1) is 5.56 Å². The van der Waals surface area contributed by atoms with E-state index < -0.39 is 0 Å². The molecule has 0 radical (unpaired) electrons. The van der Waals surface area contributed by atoms with Gasteiger partial charge in [0, 0.05) is 31.2 Å². The van der Waals surface area contributed by atoms with Gasteiger partial charge in [-0.3, -0.25) is 9.69 Å². The van der Waals surface area contributed by atoms with E-state index in [1.165, 1.54) is 5.56 Å². The standard InChI is InChI=1S/C14H21N3OS/c1-4-16-6-5-12-10(8-16)7-11(13(15)19)14(18)17(12)9(2)3/h7,9H,4-6,8H2,1-3H3,(H2,15,19). The molecule has 0 spiro atoms. The van der Waals surface area contributed by atoms with E-state index in [9.17, 15) is 4.79 Å². The molecule has 0 fully saturated rings. The fraction of sp³-hybridized carbons (Fsp3) is 0.571. The number of hydrogen-bond donors (Lipinski definition) is 1. The van der Waals surface area contributed by atoms with Crippen molar-refractivity contribution < 1.29 is 0 Å². The van der Waals surface area contributed by atoms with Crippen molar-refractivity contribution in [3.63, 3.8) is 0 Å². The van der Waals surface area contributed by atoms with E-state index in [0.717, 1.165) is 31.7 Å². The van der Waals surface area contributed by atoms with Gasteiger partial charge in [0.15, 0.2) is 0 Å². The minimum Gasteiger partial charge on any atom is -0.389 e. The van der Waals surface area contributed by atoms with Gasteiger partial charge in [-0.15, -0.1) is 0 Å². The first-order valence-electron chi connectivity index (χ1n) is 6.75. The summed E-state index contributed by atoms with van der Waals surface area (Å²) >= 11 is 5.01. The summed E-state index contributed by atoms with van der Waals surface area (Å²) in [5.41, 5.74) is 8.44. The van der Waals surface area contributed by atoms with Gasteiger partial charge in [-0.25, -0.2) is 0 Å². The number of thiocarbonyl (C=S) groups is 1. The van der Waals surface area contributed by atoms with E-state index in [1.807, 2.05) is 24.5 Å². The van der Waals surface area contributed by atoms with E-state index in [4.69, 9.17) is 18.0 Å². The highest BCUT2D eigenvalue weighted by Gasteiger charge is 2.22. The third kappa shape index (κ3) is 2.58. The second-order valence-corrected chi connectivity index (χ2v) is 5.72. The molecular weight excluding hydrogens is 258 g/mol. The Morgan fingerprint density at radius 3 is 2.74 bits per heavy atom. The maximum absolute atomic E-state index is 12.5. The predicted molar refractivity (Wildman–Crippen MR) is 81.6 cm³/mol. The second kappa shape index (κ2) is 5.43. The lowest BCUT2D eigenvalue weighted by atomic mass is 10.0. The molecular formula is C14H21N3OS. The lowest BCUT2D eigenvalue weighted by molar-refractivity contribution is 0.260. The molecule has 4 nitrogen and oxygen atoms in total. The summed E-state index contributed by atoms with van der Waals surface area (Å²) < 4.78 is 1.86. The third-order valence-electron chi connectivity index (χ3n) is 3.72. The number of nitrogens with zero attached hydrogens (tertiary/aromatic N) is 2. The molecule has 0 amide bonds. The molecule has 19 heavy (non-hydrogen) atoms. The fourth-order valence-corrected chi connectivity index (χ4v) is 2.87. The zero-order valence-corrected chi connectivity index (χ0v) is 12.6. The summed E-state index contributed by atoms with van der Waals surface area (Å²) in [5, 5.41) is 0. The molecule has 1 aromatic heterocycles. The van der Waals surface area contributed by atoms with Gasteiger partial charge < -0.3 is 10.3 Å². The molecule has 1 aromatic rings. The first kappa shape index (κ1) is 14.2. The van der Waals surface area contributed by atoms with Gasteiger partial charge >= 0.3 is 0 Å². The lowest BCUT2D eigenvalue weighted by Gasteiger charge is -2.31. The lowest BCUT2D eigenvalue weighted by Crippen LogP contribution is -2.39. The number of fused-ring (bicyclic) bond motifs is 1. The Bertz CT molecular complexity index is 563. The number of aromatic nitrogens is 1. The molecule has 5 heteroatoms. The van der Waals surface area contributed by atoms with Crippen LogP contribution in [0.1, 0.15) is 43.6 Å². The van der Waals surface area contributed by atoms with Gasteiger partial charge in [-0.05, 0) is 32.0 Å². The summed E-state index contributed by atoms with van der Waals surface area (Å²) in [4.78, 5) is 15.0. The second-order valence-electron chi connectivity index (χ2n) is 5.28. The third-order valence-corrected chi connectivity index (χ3v) is 3.94. The smallest absolute Gasteiger partial charge is 0.261 e. The normalized spacial score (nSPS) is 15.6. The maximum Gasteiger partial charge on any atom is 0.261 e. The Balaban J connectivity index is 2.64. The monoisotopic (exact) mass is 279 g/mol. The summed E-state index contributed by atoms with van der Waals surface area (Å²) in [6, 6.07) is 2.02. The SMILES string of the molecule is CCN1CCc2c(cc(C(N)=S)c(=O)n2C(C)C)C1. The van der Waals surface area contributed by atoms with Gasteiger partial charge in [0.2, 0.25) is 0 Å². The highest BCUT2D eigenvalue weighted by Crippen LogP contribution is 2.21. The average molecular weight is 279 g/mol. The van der Waals surface area contributed by atoms with Crippen LogP contribution in [0.3, 0.4) is 0 Å². The molecule has 0 saturated heterocycles. The predicted octanol–water partition coefficient (Wildman–Crippen LogP) is 1.44. The number of hydrogen-bond acceptors (Lipinski definition) is 3. The zero-order chi connectivity index (χ0) is 14.2. The van der Waals surface area contributed by atoms with Crippen molar-refractivity contribution in [3.05, 3.63) is 33.2 Å². The molecule has 0 bridgehead atoms.